The number of aromatic nitrogens is 2. The number of benzene rings is 1. The first-order valence-electron chi connectivity index (χ1n) is 6.12. The average Bonchev–Trinajstić information content (AvgIpc) is 2.53. The lowest BCUT2D eigenvalue weighted by molar-refractivity contribution is 0.0784. The Morgan fingerprint density at radius 3 is 2.44 bits per heavy atom. The third-order valence-corrected chi connectivity index (χ3v) is 3.15. The molecule has 0 unspecified atom stereocenters. The van der Waals surface area contributed by atoms with Gasteiger partial charge in [0.2, 0.25) is 0 Å². The van der Waals surface area contributed by atoms with Crippen LogP contribution in [0.15, 0.2) is 12.1 Å². The van der Waals surface area contributed by atoms with Gasteiger partial charge < -0.3 is 9.67 Å². The van der Waals surface area contributed by atoms with Crippen molar-refractivity contribution in [3.05, 3.63) is 29.3 Å². The Bertz CT molecular complexity index is 594. The molecule has 0 atom stereocenters. The predicted octanol–water partition coefficient (Wildman–Crippen LogP) is 3.29. The molecule has 0 saturated carbocycles. The number of aliphatic hydroxyl groups is 1. The first-order chi connectivity index (χ1) is 8.21. The first kappa shape index (κ1) is 13.0. The average molecular weight is 250 g/mol. The Labute approximate surface area is 106 Å². The van der Waals surface area contributed by atoms with Crippen LogP contribution in [0.25, 0.3) is 11.0 Å². The van der Waals surface area contributed by atoms with Crippen molar-refractivity contribution in [1.29, 1.82) is 0 Å². The van der Waals surface area contributed by atoms with Crippen molar-refractivity contribution < 1.29 is 9.50 Å². The van der Waals surface area contributed by atoms with Crippen molar-refractivity contribution in [2.75, 3.05) is 0 Å². The van der Waals surface area contributed by atoms with Crippen molar-refractivity contribution in [2.24, 2.45) is 0 Å². The van der Waals surface area contributed by atoms with Gasteiger partial charge in [0.05, 0.1) is 11.1 Å². The minimum absolute atomic E-state index is 0.200. The van der Waals surface area contributed by atoms with Crippen molar-refractivity contribution >= 4 is 11.0 Å². The first-order valence-corrected chi connectivity index (χ1v) is 6.12. The normalized spacial score (nSPS) is 12.7. The molecule has 4 heteroatoms. The molecule has 0 saturated heterocycles. The molecule has 0 fully saturated rings. The summed E-state index contributed by atoms with van der Waals surface area (Å²) in [6.45, 7) is 9.22. The highest BCUT2D eigenvalue weighted by molar-refractivity contribution is 5.78. The molecule has 0 spiro atoms. The third kappa shape index (κ3) is 2.01. The summed E-state index contributed by atoms with van der Waals surface area (Å²) in [5.74, 6) is 0.402. The summed E-state index contributed by atoms with van der Waals surface area (Å²) in [5.41, 5.74) is 0.609. The quantitative estimate of drug-likeness (QED) is 0.888. The molecule has 1 aromatic heterocycles. The van der Waals surface area contributed by atoms with Gasteiger partial charge in [-0.3, -0.25) is 0 Å². The van der Waals surface area contributed by atoms with Gasteiger partial charge in [-0.1, -0.05) is 0 Å². The van der Waals surface area contributed by atoms with E-state index in [9.17, 15) is 9.50 Å². The Hall–Kier alpha value is -1.42. The molecular formula is C14H19FN2O. The Morgan fingerprint density at radius 2 is 1.94 bits per heavy atom. The van der Waals surface area contributed by atoms with Gasteiger partial charge in [-0.05, 0) is 52.3 Å². The minimum atomic E-state index is -1.06. The Kier molecular flexibility index (Phi) is 2.93. The number of hydrogen-bond donors (Lipinski definition) is 1. The number of halogens is 1. The number of rotatable bonds is 2. The highest BCUT2D eigenvalue weighted by Gasteiger charge is 2.21. The topological polar surface area (TPSA) is 38.1 Å². The SMILES string of the molecule is Cc1nc2c(F)cc(C(C)(C)O)cc2n1C(C)C. The summed E-state index contributed by atoms with van der Waals surface area (Å²) in [6.07, 6.45) is 0. The van der Waals surface area contributed by atoms with Crippen LogP contribution in [0.1, 0.15) is 45.1 Å². The van der Waals surface area contributed by atoms with Crippen molar-refractivity contribution in [3.8, 4) is 0 Å². The molecule has 1 heterocycles. The van der Waals surface area contributed by atoms with E-state index in [1.807, 2.05) is 31.4 Å². The standard InChI is InChI=1S/C14H19FN2O/c1-8(2)17-9(3)16-13-11(15)6-10(7-12(13)17)14(4,5)18/h6-8,18H,1-5H3. The molecule has 2 rings (SSSR count). The fourth-order valence-electron chi connectivity index (χ4n) is 2.27. The lowest BCUT2D eigenvalue weighted by Crippen LogP contribution is -2.16. The van der Waals surface area contributed by atoms with Crippen LogP contribution in [0, 0.1) is 12.7 Å². The van der Waals surface area contributed by atoms with Gasteiger partial charge in [-0.2, -0.15) is 0 Å². The molecule has 3 nitrogen and oxygen atoms in total. The van der Waals surface area contributed by atoms with E-state index in [4.69, 9.17) is 0 Å². The molecule has 2 aromatic rings. The van der Waals surface area contributed by atoms with E-state index < -0.39 is 5.60 Å². The zero-order chi connectivity index (χ0) is 13.7. The lowest BCUT2D eigenvalue weighted by atomic mass is 9.98. The molecule has 98 valence electrons. The van der Waals surface area contributed by atoms with Crippen LogP contribution >= 0.6 is 0 Å². The fourth-order valence-corrected chi connectivity index (χ4v) is 2.27. The van der Waals surface area contributed by atoms with Gasteiger partial charge in [-0.15, -0.1) is 0 Å². The second-order valence-corrected chi connectivity index (χ2v) is 5.51. The van der Waals surface area contributed by atoms with Crippen LogP contribution in [0.2, 0.25) is 0 Å². The predicted molar refractivity (Wildman–Crippen MR) is 70.1 cm³/mol. The Morgan fingerprint density at radius 1 is 1.33 bits per heavy atom. The summed E-state index contributed by atoms with van der Waals surface area (Å²) in [5, 5.41) is 10.0. The number of hydrogen-bond acceptors (Lipinski definition) is 2. The molecule has 1 aromatic carbocycles. The zero-order valence-corrected chi connectivity index (χ0v) is 11.5. The van der Waals surface area contributed by atoms with E-state index in [0.29, 0.717) is 11.1 Å². The van der Waals surface area contributed by atoms with Crippen LogP contribution in [-0.4, -0.2) is 14.7 Å². The second kappa shape index (κ2) is 4.05. The van der Waals surface area contributed by atoms with Gasteiger partial charge in [0.1, 0.15) is 11.3 Å². The molecule has 0 bridgehead atoms. The largest absolute Gasteiger partial charge is 0.386 e. The fraction of sp³-hybridized carbons (Fsp3) is 0.500. The highest BCUT2D eigenvalue weighted by atomic mass is 19.1. The summed E-state index contributed by atoms with van der Waals surface area (Å²) in [7, 11) is 0. The summed E-state index contributed by atoms with van der Waals surface area (Å²) in [6, 6.07) is 3.38. The lowest BCUT2D eigenvalue weighted by Gasteiger charge is -2.19. The highest BCUT2D eigenvalue weighted by Crippen LogP contribution is 2.29. The molecule has 0 amide bonds. The van der Waals surface area contributed by atoms with E-state index in [1.54, 1.807) is 13.8 Å². The number of fused-ring (bicyclic) bond motifs is 1. The summed E-state index contributed by atoms with van der Waals surface area (Å²) >= 11 is 0. The van der Waals surface area contributed by atoms with Gasteiger partial charge in [0, 0.05) is 6.04 Å². The van der Waals surface area contributed by atoms with E-state index in [2.05, 4.69) is 4.98 Å². The van der Waals surface area contributed by atoms with E-state index in [0.717, 1.165) is 11.3 Å². The molecule has 18 heavy (non-hydrogen) atoms. The van der Waals surface area contributed by atoms with Crippen molar-refractivity contribution in [1.82, 2.24) is 9.55 Å². The molecule has 0 aliphatic rings. The van der Waals surface area contributed by atoms with Gasteiger partial charge in [0.25, 0.3) is 0 Å². The van der Waals surface area contributed by atoms with Gasteiger partial charge in [0.15, 0.2) is 5.82 Å². The monoisotopic (exact) mass is 250 g/mol. The van der Waals surface area contributed by atoms with E-state index >= 15 is 0 Å². The van der Waals surface area contributed by atoms with E-state index in [1.165, 1.54) is 6.07 Å². The van der Waals surface area contributed by atoms with Crippen LogP contribution < -0.4 is 0 Å². The van der Waals surface area contributed by atoms with Crippen LogP contribution in [0.4, 0.5) is 4.39 Å². The maximum absolute atomic E-state index is 14.0. The number of aryl methyl sites for hydroxylation is 1. The molecule has 1 N–H and O–H groups in total. The van der Waals surface area contributed by atoms with Crippen molar-refractivity contribution in [2.45, 2.75) is 46.3 Å². The second-order valence-electron chi connectivity index (χ2n) is 5.51. The van der Waals surface area contributed by atoms with Crippen LogP contribution in [0.3, 0.4) is 0 Å². The third-order valence-electron chi connectivity index (χ3n) is 3.15. The smallest absolute Gasteiger partial charge is 0.151 e. The summed E-state index contributed by atoms with van der Waals surface area (Å²) < 4.78 is 16.0. The molecule has 0 radical (unpaired) electrons. The Balaban J connectivity index is 2.81. The maximum atomic E-state index is 14.0. The minimum Gasteiger partial charge on any atom is -0.386 e. The maximum Gasteiger partial charge on any atom is 0.151 e. The van der Waals surface area contributed by atoms with Gasteiger partial charge in [-0.25, -0.2) is 9.37 Å². The summed E-state index contributed by atoms with van der Waals surface area (Å²) in [4.78, 5) is 4.26. The van der Waals surface area contributed by atoms with Crippen molar-refractivity contribution in [3.63, 3.8) is 0 Å². The molecule has 0 aliphatic heterocycles. The molecular weight excluding hydrogens is 231 g/mol. The number of nitrogens with zero attached hydrogens (tertiary/aromatic N) is 2. The van der Waals surface area contributed by atoms with E-state index in [-0.39, 0.29) is 11.9 Å². The number of imidazole rings is 1. The van der Waals surface area contributed by atoms with Gasteiger partial charge >= 0.3 is 0 Å². The molecule has 0 aliphatic carbocycles. The van der Waals surface area contributed by atoms with Crippen LogP contribution in [0.5, 0.6) is 0 Å². The zero-order valence-electron chi connectivity index (χ0n) is 11.5. The van der Waals surface area contributed by atoms with Crippen LogP contribution in [-0.2, 0) is 5.60 Å².